The molecule has 3 rings (SSSR count). The lowest BCUT2D eigenvalue weighted by atomic mass is 10.0. The molecule has 3 nitrogen and oxygen atoms in total. The van der Waals surface area contributed by atoms with E-state index >= 15 is 0 Å². The van der Waals surface area contributed by atoms with Crippen molar-refractivity contribution in [1.82, 2.24) is 4.90 Å². The zero-order chi connectivity index (χ0) is 13.1. The summed E-state index contributed by atoms with van der Waals surface area (Å²) in [5.74, 6) is 0.594. The van der Waals surface area contributed by atoms with Crippen molar-refractivity contribution in [2.75, 3.05) is 26.4 Å². The van der Waals surface area contributed by atoms with Gasteiger partial charge < -0.3 is 9.47 Å². The molecule has 0 aromatic carbocycles. The molecule has 0 radical (unpaired) electrons. The van der Waals surface area contributed by atoms with Crippen molar-refractivity contribution in [3.8, 4) is 0 Å². The number of ether oxygens (including phenoxy) is 2. The molecule has 3 atom stereocenters. The predicted octanol–water partition coefficient (Wildman–Crippen LogP) is 2.76. The molecule has 1 aromatic rings. The summed E-state index contributed by atoms with van der Waals surface area (Å²) in [5.41, 5.74) is 0. The van der Waals surface area contributed by atoms with Gasteiger partial charge in [0.05, 0.1) is 19.3 Å². The van der Waals surface area contributed by atoms with Crippen LogP contribution in [0.2, 0.25) is 0 Å². The Morgan fingerprint density at radius 1 is 1.47 bits per heavy atom. The van der Waals surface area contributed by atoms with Gasteiger partial charge in [-0.25, -0.2) is 0 Å². The molecule has 2 fully saturated rings. The van der Waals surface area contributed by atoms with Gasteiger partial charge in [-0.05, 0) is 31.2 Å². The van der Waals surface area contributed by atoms with Gasteiger partial charge in [0, 0.05) is 36.5 Å². The molecule has 1 aliphatic heterocycles. The van der Waals surface area contributed by atoms with Crippen LogP contribution in [0.5, 0.6) is 0 Å². The zero-order valence-electron chi connectivity index (χ0n) is 11.6. The minimum atomic E-state index is 0.389. The van der Waals surface area contributed by atoms with Crippen molar-refractivity contribution in [1.29, 1.82) is 0 Å². The lowest BCUT2D eigenvalue weighted by molar-refractivity contribution is -0.0872. The second kappa shape index (κ2) is 6.35. The van der Waals surface area contributed by atoms with Crippen molar-refractivity contribution in [3.05, 3.63) is 22.4 Å². The summed E-state index contributed by atoms with van der Waals surface area (Å²) < 4.78 is 11.7. The van der Waals surface area contributed by atoms with Gasteiger partial charge in [-0.15, -0.1) is 11.3 Å². The van der Waals surface area contributed by atoms with Crippen LogP contribution < -0.4 is 0 Å². The highest BCUT2D eigenvalue weighted by atomic mass is 32.1. The lowest BCUT2D eigenvalue weighted by Gasteiger charge is -2.39. The van der Waals surface area contributed by atoms with Crippen molar-refractivity contribution in [2.45, 2.75) is 38.5 Å². The summed E-state index contributed by atoms with van der Waals surface area (Å²) in [6.45, 7) is 6.77. The third-order valence-electron chi connectivity index (χ3n) is 4.31. The summed E-state index contributed by atoms with van der Waals surface area (Å²) in [6, 6.07) is 4.98. The number of thiophene rings is 1. The molecule has 0 N–H and O–H groups in total. The van der Waals surface area contributed by atoms with E-state index in [1.54, 1.807) is 0 Å². The van der Waals surface area contributed by atoms with Crippen LogP contribution in [0.3, 0.4) is 0 Å². The Balaban J connectivity index is 1.62. The fourth-order valence-electron chi connectivity index (χ4n) is 3.38. The van der Waals surface area contributed by atoms with E-state index in [1.807, 2.05) is 11.3 Å². The van der Waals surface area contributed by atoms with Gasteiger partial charge in [0.2, 0.25) is 0 Å². The summed E-state index contributed by atoms with van der Waals surface area (Å²) in [6.07, 6.45) is 2.89. The number of nitrogens with zero attached hydrogens (tertiary/aromatic N) is 1. The van der Waals surface area contributed by atoms with Gasteiger partial charge in [0.15, 0.2) is 0 Å². The van der Waals surface area contributed by atoms with Gasteiger partial charge in [0.25, 0.3) is 0 Å². The van der Waals surface area contributed by atoms with E-state index in [1.165, 1.54) is 17.7 Å². The normalized spacial score (nSPS) is 31.5. The lowest BCUT2D eigenvalue weighted by Crippen LogP contribution is -2.50. The van der Waals surface area contributed by atoms with Crippen LogP contribution in [-0.4, -0.2) is 43.4 Å². The van der Waals surface area contributed by atoms with E-state index < -0.39 is 0 Å². The van der Waals surface area contributed by atoms with Crippen LogP contribution >= 0.6 is 11.3 Å². The first-order valence-corrected chi connectivity index (χ1v) is 8.22. The van der Waals surface area contributed by atoms with Crippen molar-refractivity contribution >= 4 is 11.3 Å². The molecule has 19 heavy (non-hydrogen) atoms. The van der Waals surface area contributed by atoms with Crippen molar-refractivity contribution in [3.63, 3.8) is 0 Å². The molecular weight excluding hydrogens is 258 g/mol. The molecule has 4 heteroatoms. The molecule has 2 aliphatic rings. The first-order valence-electron chi connectivity index (χ1n) is 7.34. The third-order valence-corrected chi connectivity index (χ3v) is 5.17. The number of fused-ring (bicyclic) bond motifs is 1. The summed E-state index contributed by atoms with van der Waals surface area (Å²) >= 11 is 1.86. The Bertz CT molecular complexity index is 382. The Morgan fingerprint density at radius 2 is 2.42 bits per heavy atom. The number of hydrogen-bond acceptors (Lipinski definition) is 4. The van der Waals surface area contributed by atoms with Gasteiger partial charge >= 0.3 is 0 Å². The van der Waals surface area contributed by atoms with Crippen LogP contribution in [0.4, 0.5) is 0 Å². The topological polar surface area (TPSA) is 21.7 Å². The van der Waals surface area contributed by atoms with Gasteiger partial charge in [-0.2, -0.15) is 0 Å². The maximum atomic E-state index is 6.04. The number of rotatable bonds is 5. The van der Waals surface area contributed by atoms with Crippen LogP contribution in [0, 0.1) is 5.92 Å². The number of morpholine rings is 1. The zero-order valence-corrected chi connectivity index (χ0v) is 12.4. The molecule has 2 heterocycles. The molecule has 1 saturated heterocycles. The first-order chi connectivity index (χ1) is 9.38. The molecule has 0 spiro atoms. The Kier molecular flexibility index (Phi) is 4.53. The predicted molar refractivity (Wildman–Crippen MR) is 77.5 cm³/mol. The Hall–Kier alpha value is -0.420. The van der Waals surface area contributed by atoms with Gasteiger partial charge in [-0.3, -0.25) is 4.90 Å². The molecule has 1 saturated carbocycles. The minimum Gasteiger partial charge on any atom is -0.381 e. The second-order valence-electron chi connectivity index (χ2n) is 5.45. The standard InChI is InChI=1S/C15H23NO2S/c1-2-17-11-12-5-6-14-15(12)18-8-7-16(14)10-13-4-3-9-19-13/h3-4,9,12,14-15H,2,5-8,10-11H2,1H3. The largest absolute Gasteiger partial charge is 0.381 e. The van der Waals surface area contributed by atoms with Crippen molar-refractivity contribution in [2.24, 2.45) is 5.92 Å². The van der Waals surface area contributed by atoms with E-state index in [-0.39, 0.29) is 0 Å². The molecule has 0 bridgehead atoms. The van der Waals surface area contributed by atoms with Crippen LogP contribution in [-0.2, 0) is 16.0 Å². The average molecular weight is 281 g/mol. The highest BCUT2D eigenvalue weighted by Gasteiger charge is 2.42. The summed E-state index contributed by atoms with van der Waals surface area (Å²) in [7, 11) is 0. The smallest absolute Gasteiger partial charge is 0.0781 e. The fourth-order valence-corrected chi connectivity index (χ4v) is 4.11. The quantitative estimate of drug-likeness (QED) is 0.828. The molecule has 0 amide bonds. The fraction of sp³-hybridized carbons (Fsp3) is 0.733. The summed E-state index contributed by atoms with van der Waals surface area (Å²) in [4.78, 5) is 4.08. The Labute approximate surface area is 119 Å². The second-order valence-corrected chi connectivity index (χ2v) is 6.48. The SMILES string of the molecule is CCOCC1CCC2C1OCCN2Cc1cccs1. The van der Waals surface area contributed by atoms with Gasteiger partial charge in [-0.1, -0.05) is 6.07 Å². The maximum absolute atomic E-state index is 6.04. The average Bonchev–Trinajstić information content (AvgIpc) is 3.06. The van der Waals surface area contributed by atoms with Crippen LogP contribution in [0.15, 0.2) is 17.5 Å². The van der Waals surface area contributed by atoms with E-state index in [0.29, 0.717) is 18.1 Å². The monoisotopic (exact) mass is 281 g/mol. The highest BCUT2D eigenvalue weighted by molar-refractivity contribution is 7.09. The highest BCUT2D eigenvalue weighted by Crippen LogP contribution is 2.35. The first kappa shape index (κ1) is 13.6. The van der Waals surface area contributed by atoms with E-state index in [0.717, 1.165) is 32.9 Å². The number of hydrogen-bond donors (Lipinski definition) is 0. The maximum Gasteiger partial charge on any atom is 0.0781 e. The van der Waals surface area contributed by atoms with E-state index in [9.17, 15) is 0 Å². The van der Waals surface area contributed by atoms with Crippen molar-refractivity contribution < 1.29 is 9.47 Å². The van der Waals surface area contributed by atoms with Gasteiger partial charge in [0.1, 0.15) is 0 Å². The molecule has 106 valence electrons. The summed E-state index contributed by atoms with van der Waals surface area (Å²) in [5, 5.41) is 2.17. The minimum absolute atomic E-state index is 0.389. The molecule has 3 unspecified atom stereocenters. The molecule has 1 aliphatic carbocycles. The Morgan fingerprint density at radius 3 is 3.21 bits per heavy atom. The van der Waals surface area contributed by atoms with E-state index in [2.05, 4.69) is 29.3 Å². The van der Waals surface area contributed by atoms with E-state index in [4.69, 9.17) is 9.47 Å². The van der Waals surface area contributed by atoms with Crippen LogP contribution in [0.25, 0.3) is 0 Å². The van der Waals surface area contributed by atoms with Crippen LogP contribution in [0.1, 0.15) is 24.6 Å². The third kappa shape index (κ3) is 3.02. The molecular formula is C15H23NO2S. The molecule has 1 aromatic heterocycles.